The Morgan fingerprint density at radius 2 is 2.23 bits per heavy atom. The summed E-state index contributed by atoms with van der Waals surface area (Å²) in [5, 5.41) is 9.69. The van der Waals surface area contributed by atoms with Gasteiger partial charge >= 0.3 is 5.97 Å². The third-order valence-corrected chi connectivity index (χ3v) is 4.08. The van der Waals surface area contributed by atoms with E-state index in [0.29, 0.717) is 34.7 Å². The molecule has 0 aliphatic carbocycles. The van der Waals surface area contributed by atoms with Gasteiger partial charge in [0.2, 0.25) is 5.69 Å². The summed E-state index contributed by atoms with van der Waals surface area (Å²) in [6.07, 6.45) is 0. The second-order valence-corrected chi connectivity index (χ2v) is 6.24. The van der Waals surface area contributed by atoms with E-state index in [0.717, 1.165) is 16.9 Å². The van der Waals surface area contributed by atoms with Crippen molar-refractivity contribution >= 4 is 23.0 Å². The minimum absolute atomic E-state index is 0.222. The molecule has 0 radical (unpaired) electrons. The van der Waals surface area contributed by atoms with E-state index >= 15 is 0 Å². The molecule has 0 fully saturated rings. The number of aromatic carboxylic acids is 1. The lowest BCUT2D eigenvalue weighted by Crippen LogP contribution is -2.04. The molecule has 0 aliphatic rings. The van der Waals surface area contributed by atoms with Crippen LogP contribution in [0.5, 0.6) is 5.75 Å². The highest BCUT2D eigenvalue weighted by atomic mass is 32.1. The molecule has 0 unspecified atom stereocenters. The number of carbonyl (C=O) groups is 1. The quantitative estimate of drug-likeness (QED) is 0.655. The molecule has 0 bridgehead atoms. The molecule has 0 aliphatic heterocycles. The average Bonchev–Trinajstić information content (AvgIpc) is 2.87. The minimum Gasteiger partial charge on any atom is -0.504 e. The fourth-order valence-electron chi connectivity index (χ4n) is 1.83. The van der Waals surface area contributed by atoms with Crippen LogP contribution < -0.4 is 4.74 Å². The van der Waals surface area contributed by atoms with Gasteiger partial charge < -0.3 is 9.84 Å². The molecule has 0 saturated heterocycles. The molecule has 2 rings (SSSR count). The van der Waals surface area contributed by atoms with Gasteiger partial charge in [0.1, 0.15) is 15.6 Å². The molecule has 1 N–H and O–H groups in total. The Labute approximate surface area is 133 Å². The Bertz CT molecular complexity index is 744. The maximum atomic E-state index is 11.1. The lowest BCUT2D eigenvalue weighted by molar-refractivity contribution is 0.0701. The van der Waals surface area contributed by atoms with Crippen LogP contribution >= 0.6 is 11.3 Å². The molecular formula is C16H16N2O3S. The maximum Gasteiger partial charge on any atom is 0.347 e. The Hall–Kier alpha value is -2.39. The largest absolute Gasteiger partial charge is 0.504 e. The van der Waals surface area contributed by atoms with Gasteiger partial charge in [0, 0.05) is 5.56 Å². The van der Waals surface area contributed by atoms with Crippen molar-refractivity contribution in [1.82, 2.24) is 4.98 Å². The summed E-state index contributed by atoms with van der Waals surface area (Å²) < 4.78 is 5.62. The lowest BCUT2D eigenvalue weighted by atomic mass is 10.2. The topological polar surface area (TPSA) is 63.8 Å². The van der Waals surface area contributed by atoms with Crippen LogP contribution in [-0.2, 0) is 0 Å². The van der Waals surface area contributed by atoms with E-state index < -0.39 is 5.97 Å². The number of hydrogen-bond acceptors (Lipinski definition) is 4. The number of ether oxygens (including phenoxy) is 1. The maximum absolute atomic E-state index is 11.1. The van der Waals surface area contributed by atoms with Crippen molar-refractivity contribution in [3.05, 3.63) is 40.2 Å². The molecule has 2 aromatic rings. The third kappa shape index (κ3) is 3.43. The van der Waals surface area contributed by atoms with Crippen LogP contribution in [0.15, 0.2) is 18.2 Å². The fraction of sp³-hybridized carbons (Fsp3) is 0.312. The van der Waals surface area contributed by atoms with Crippen molar-refractivity contribution in [2.24, 2.45) is 5.92 Å². The summed E-state index contributed by atoms with van der Waals surface area (Å²) in [7, 11) is 0. The van der Waals surface area contributed by atoms with Gasteiger partial charge in [-0.15, -0.1) is 11.3 Å². The summed E-state index contributed by atoms with van der Waals surface area (Å²) in [5.74, 6) is -0.0688. The fourth-order valence-corrected chi connectivity index (χ4v) is 2.74. The Kier molecular flexibility index (Phi) is 4.78. The number of hydrogen-bond donors (Lipinski definition) is 1. The number of aryl methyl sites for hydroxylation is 1. The number of nitrogens with zero attached hydrogens (tertiary/aromatic N) is 2. The molecule has 0 atom stereocenters. The molecule has 6 heteroatoms. The zero-order valence-electron chi connectivity index (χ0n) is 12.6. The second-order valence-electron chi connectivity index (χ2n) is 5.24. The Morgan fingerprint density at radius 1 is 1.50 bits per heavy atom. The zero-order chi connectivity index (χ0) is 16.3. The second kappa shape index (κ2) is 6.58. The average molecular weight is 317 g/mol. The highest BCUT2D eigenvalue weighted by molar-refractivity contribution is 7.17. The highest BCUT2D eigenvalue weighted by Crippen LogP contribution is 2.35. The zero-order valence-corrected chi connectivity index (χ0v) is 13.4. The molecule has 1 heterocycles. The van der Waals surface area contributed by atoms with Crippen molar-refractivity contribution in [3.63, 3.8) is 0 Å². The molecule has 1 aromatic heterocycles. The first-order valence-corrected chi connectivity index (χ1v) is 7.59. The molecule has 5 nitrogen and oxygen atoms in total. The van der Waals surface area contributed by atoms with E-state index in [2.05, 4.69) is 9.83 Å². The standard InChI is InChI=1S/C16H16N2O3S/c1-9(2)8-21-13-6-5-11(7-12(13)17-4)15-18-10(3)14(22-15)16(19)20/h5-7,9H,8H2,1-3H3,(H,19,20)/i16+1. The Balaban J connectivity index is 2.35. The summed E-state index contributed by atoms with van der Waals surface area (Å²) in [6.45, 7) is 13.6. The molecule has 0 amide bonds. The number of thiazole rings is 1. The van der Waals surface area contributed by atoms with Gasteiger partial charge in [-0.25, -0.2) is 14.6 Å². The van der Waals surface area contributed by atoms with Gasteiger partial charge in [0.05, 0.1) is 18.9 Å². The predicted octanol–water partition coefficient (Wildman–Crippen LogP) is 4.40. The van der Waals surface area contributed by atoms with Gasteiger partial charge in [0.25, 0.3) is 0 Å². The number of rotatable bonds is 5. The van der Waals surface area contributed by atoms with Gasteiger partial charge in [-0.05, 0) is 25.0 Å². The van der Waals surface area contributed by atoms with Gasteiger partial charge in [-0.2, -0.15) is 0 Å². The van der Waals surface area contributed by atoms with Crippen molar-refractivity contribution in [2.45, 2.75) is 20.8 Å². The van der Waals surface area contributed by atoms with E-state index in [4.69, 9.17) is 16.4 Å². The van der Waals surface area contributed by atoms with Crippen molar-refractivity contribution in [3.8, 4) is 16.3 Å². The summed E-state index contributed by atoms with van der Waals surface area (Å²) >= 11 is 1.11. The first kappa shape index (κ1) is 16.0. The first-order chi connectivity index (χ1) is 10.4. The van der Waals surface area contributed by atoms with Crippen LogP contribution in [0.3, 0.4) is 0 Å². The van der Waals surface area contributed by atoms with Crippen LogP contribution in [0.1, 0.15) is 29.2 Å². The van der Waals surface area contributed by atoms with Crippen LogP contribution in [0.2, 0.25) is 0 Å². The third-order valence-electron chi connectivity index (χ3n) is 2.89. The number of benzene rings is 1. The molecule has 1 aromatic carbocycles. The molecular weight excluding hydrogens is 301 g/mol. The van der Waals surface area contributed by atoms with Gasteiger partial charge in [-0.3, -0.25) is 0 Å². The highest BCUT2D eigenvalue weighted by Gasteiger charge is 2.16. The van der Waals surface area contributed by atoms with Crippen LogP contribution in [0.4, 0.5) is 5.69 Å². The SMILES string of the molecule is [C-]#[N+]c1cc(-c2nc(C)c([13C](=O)O)s2)ccc1OCC(C)C. The smallest absolute Gasteiger partial charge is 0.347 e. The van der Waals surface area contributed by atoms with Crippen LogP contribution in [0, 0.1) is 19.4 Å². The lowest BCUT2D eigenvalue weighted by Gasteiger charge is -2.10. The van der Waals surface area contributed by atoms with E-state index in [1.807, 2.05) is 13.8 Å². The van der Waals surface area contributed by atoms with Crippen LogP contribution in [-0.4, -0.2) is 22.7 Å². The number of aromatic nitrogens is 1. The van der Waals surface area contributed by atoms with Crippen LogP contribution in [0.25, 0.3) is 15.4 Å². The molecule has 0 saturated carbocycles. The Morgan fingerprint density at radius 3 is 2.77 bits per heavy atom. The monoisotopic (exact) mass is 317 g/mol. The summed E-state index contributed by atoms with van der Waals surface area (Å²) in [6, 6.07) is 5.23. The van der Waals surface area contributed by atoms with Gasteiger partial charge in [0.15, 0.2) is 0 Å². The molecule has 0 spiro atoms. The van der Waals surface area contributed by atoms with Crippen molar-refractivity contribution in [1.29, 1.82) is 0 Å². The number of carboxylic acid groups (broad SMARTS) is 1. The summed E-state index contributed by atoms with van der Waals surface area (Å²) in [5.41, 5.74) is 1.61. The van der Waals surface area contributed by atoms with E-state index in [1.165, 1.54) is 0 Å². The molecule has 22 heavy (non-hydrogen) atoms. The van der Waals surface area contributed by atoms with E-state index in [9.17, 15) is 4.79 Å². The summed E-state index contributed by atoms with van der Waals surface area (Å²) in [4.78, 5) is 19.1. The normalized spacial score (nSPS) is 10.5. The molecule has 114 valence electrons. The van der Waals surface area contributed by atoms with E-state index in [1.54, 1.807) is 25.1 Å². The van der Waals surface area contributed by atoms with E-state index in [-0.39, 0.29) is 4.88 Å². The van der Waals surface area contributed by atoms with Gasteiger partial charge in [-0.1, -0.05) is 19.9 Å². The first-order valence-electron chi connectivity index (χ1n) is 6.77. The minimum atomic E-state index is -0.983. The number of carboxylic acids is 1. The van der Waals surface area contributed by atoms with Crippen molar-refractivity contribution in [2.75, 3.05) is 6.61 Å². The predicted molar refractivity (Wildman–Crippen MR) is 85.8 cm³/mol. The van der Waals surface area contributed by atoms with Crippen molar-refractivity contribution < 1.29 is 14.6 Å².